The molecule has 0 saturated carbocycles. The molecule has 0 radical (unpaired) electrons. The normalized spacial score (nSPS) is 18.0. The largest absolute Gasteiger partial charge is 0.416 e. The Bertz CT molecular complexity index is 925. The minimum absolute atomic E-state index is 0.00508. The van der Waals surface area contributed by atoms with Gasteiger partial charge in [0.1, 0.15) is 0 Å². The molecule has 184 valence electrons. The number of aromatic nitrogens is 2. The quantitative estimate of drug-likeness (QED) is 0.633. The van der Waals surface area contributed by atoms with Gasteiger partial charge < -0.3 is 20.3 Å². The van der Waals surface area contributed by atoms with Crippen molar-refractivity contribution >= 4 is 23.2 Å². The highest BCUT2D eigenvalue weighted by molar-refractivity contribution is 5.79. The van der Waals surface area contributed by atoms with E-state index in [1.807, 2.05) is 6.07 Å². The maximum Gasteiger partial charge on any atom is 0.416 e. The van der Waals surface area contributed by atoms with Crippen LogP contribution in [0.1, 0.15) is 18.4 Å². The van der Waals surface area contributed by atoms with Crippen LogP contribution >= 0.6 is 0 Å². The summed E-state index contributed by atoms with van der Waals surface area (Å²) in [7, 11) is 0. The third-order valence-corrected chi connectivity index (χ3v) is 6.16. The molecule has 1 aromatic heterocycles. The number of amides is 1. The van der Waals surface area contributed by atoms with Crippen molar-refractivity contribution in [2.45, 2.75) is 19.0 Å². The van der Waals surface area contributed by atoms with Gasteiger partial charge in [0.25, 0.3) is 0 Å². The summed E-state index contributed by atoms with van der Waals surface area (Å²) >= 11 is 0. The molecule has 2 aliphatic heterocycles. The first-order valence-corrected chi connectivity index (χ1v) is 11.5. The summed E-state index contributed by atoms with van der Waals surface area (Å²) < 4.78 is 43.4. The van der Waals surface area contributed by atoms with E-state index in [0.29, 0.717) is 37.0 Å². The fourth-order valence-electron chi connectivity index (χ4n) is 4.13. The van der Waals surface area contributed by atoms with Crippen LogP contribution in [0.25, 0.3) is 0 Å². The first kappa shape index (κ1) is 24.2. The van der Waals surface area contributed by atoms with Crippen molar-refractivity contribution in [1.29, 1.82) is 0 Å². The van der Waals surface area contributed by atoms with E-state index in [0.717, 1.165) is 57.8 Å². The Kier molecular flexibility index (Phi) is 7.84. The van der Waals surface area contributed by atoms with Crippen molar-refractivity contribution in [3.05, 3.63) is 42.0 Å². The van der Waals surface area contributed by atoms with Crippen molar-refractivity contribution in [2.24, 2.45) is 5.92 Å². The standard InChI is InChI=1S/C23H29F3N6O2/c24-23(25,26)18-1-3-19(4-2-18)28-20-5-6-21(30-29-20)32-10-7-17(8-11-32)22(33)27-9-12-31-13-15-34-16-14-31/h1-6,17H,7-16H2,(H,27,33)(H,28,29). The summed E-state index contributed by atoms with van der Waals surface area (Å²) in [6.07, 6.45) is -2.87. The molecule has 34 heavy (non-hydrogen) atoms. The number of carbonyl (C=O) groups excluding carboxylic acids is 1. The van der Waals surface area contributed by atoms with Gasteiger partial charge in [0.2, 0.25) is 5.91 Å². The zero-order valence-electron chi connectivity index (χ0n) is 18.9. The van der Waals surface area contributed by atoms with Gasteiger partial charge in [-0.1, -0.05) is 0 Å². The van der Waals surface area contributed by atoms with Crippen molar-refractivity contribution in [1.82, 2.24) is 20.4 Å². The van der Waals surface area contributed by atoms with Gasteiger partial charge in [-0.15, -0.1) is 10.2 Å². The predicted molar refractivity (Wildman–Crippen MR) is 122 cm³/mol. The lowest BCUT2D eigenvalue weighted by Crippen LogP contribution is -2.44. The number of nitrogens with one attached hydrogen (secondary N) is 2. The number of alkyl halides is 3. The molecule has 1 aromatic carbocycles. The number of hydrogen-bond acceptors (Lipinski definition) is 7. The molecule has 3 heterocycles. The van der Waals surface area contributed by atoms with Crippen molar-refractivity contribution in [3.8, 4) is 0 Å². The minimum atomic E-state index is -4.36. The molecule has 0 spiro atoms. The Morgan fingerprint density at radius 3 is 2.32 bits per heavy atom. The number of nitrogens with zero attached hydrogens (tertiary/aromatic N) is 4. The Morgan fingerprint density at radius 1 is 1.00 bits per heavy atom. The molecule has 0 atom stereocenters. The van der Waals surface area contributed by atoms with E-state index in [4.69, 9.17) is 4.74 Å². The number of ether oxygens (including phenoxy) is 1. The fourth-order valence-corrected chi connectivity index (χ4v) is 4.13. The first-order valence-electron chi connectivity index (χ1n) is 11.5. The van der Waals surface area contributed by atoms with E-state index >= 15 is 0 Å². The molecule has 4 rings (SSSR count). The number of morpholine rings is 1. The maximum absolute atomic E-state index is 12.7. The summed E-state index contributed by atoms with van der Waals surface area (Å²) in [5, 5.41) is 14.4. The first-order chi connectivity index (χ1) is 16.4. The molecular weight excluding hydrogens is 449 g/mol. The molecule has 2 aliphatic rings. The number of halogens is 3. The van der Waals surface area contributed by atoms with Crippen molar-refractivity contribution in [2.75, 3.05) is 62.7 Å². The number of rotatable bonds is 7. The lowest BCUT2D eigenvalue weighted by atomic mass is 9.96. The summed E-state index contributed by atoms with van der Waals surface area (Å²) in [4.78, 5) is 16.9. The summed E-state index contributed by atoms with van der Waals surface area (Å²) in [5.41, 5.74) is -0.204. The molecule has 8 nitrogen and oxygen atoms in total. The Morgan fingerprint density at radius 2 is 1.71 bits per heavy atom. The third kappa shape index (κ3) is 6.57. The topological polar surface area (TPSA) is 82.6 Å². The summed E-state index contributed by atoms with van der Waals surface area (Å²) in [6.45, 7) is 6.24. The maximum atomic E-state index is 12.7. The molecule has 2 saturated heterocycles. The predicted octanol–water partition coefficient (Wildman–Crippen LogP) is 2.90. The van der Waals surface area contributed by atoms with E-state index in [1.165, 1.54) is 12.1 Å². The van der Waals surface area contributed by atoms with Gasteiger partial charge in [-0.3, -0.25) is 9.69 Å². The van der Waals surface area contributed by atoms with Crippen LogP contribution in [0.4, 0.5) is 30.5 Å². The van der Waals surface area contributed by atoms with Crippen LogP contribution in [-0.4, -0.2) is 73.5 Å². The summed E-state index contributed by atoms with van der Waals surface area (Å²) in [6, 6.07) is 8.32. The summed E-state index contributed by atoms with van der Waals surface area (Å²) in [5.74, 6) is 1.26. The smallest absolute Gasteiger partial charge is 0.379 e. The van der Waals surface area contributed by atoms with Crippen LogP contribution in [0.5, 0.6) is 0 Å². The second kappa shape index (κ2) is 11.0. The third-order valence-electron chi connectivity index (χ3n) is 6.16. The average Bonchev–Trinajstić information content (AvgIpc) is 2.85. The second-order valence-corrected chi connectivity index (χ2v) is 8.48. The van der Waals surface area contributed by atoms with Crippen LogP contribution in [-0.2, 0) is 15.7 Å². The van der Waals surface area contributed by atoms with Gasteiger partial charge in [0.05, 0.1) is 18.8 Å². The molecule has 11 heteroatoms. The Balaban J connectivity index is 1.21. The number of benzene rings is 1. The molecule has 0 unspecified atom stereocenters. The molecule has 0 aliphatic carbocycles. The highest BCUT2D eigenvalue weighted by Crippen LogP contribution is 2.30. The van der Waals surface area contributed by atoms with E-state index in [9.17, 15) is 18.0 Å². The van der Waals surface area contributed by atoms with Crippen LogP contribution in [0.15, 0.2) is 36.4 Å². The number of piperidine rings is 1. The second-order valence-electron chi connectivity index (χ2n) is 8.48. The molecule has 2 N–H and O–H groups in total. The van der Waals surface area contributed by atoms with Crippen LogP contribution in [0, 0.1) is 5.92 Å². The SMILES string of the molecule is O=C(NCCN1CCOCC1)C1CCN(c2ccc(Nc3ccc(C(F)(F)F)cc3)nn2)CC1. The number of carbonyl (C=O) groups is 1. The lowest BCUT2D eigenvalue weighted by molar-refractivity contribution is -0.137. The van der Waals surface area contributed by atoms with Gasteiger partial charge in [-0.05, 0) is 49.2 Å². The van der Waals surface area contributed by atoms with E-state index in [1.54, 1.807) is 6.07 Å². The van der Waals surface area contributed by atoms with Crippen molar-refractivity contribution < 1.29 is 22.7 Å². The lowest BCUT2D eigenvalue weighted by Gasteiger charge is -2.32. The minimum Gasteiger partial charge on any atom is -0.379 e. The van der Waals surface area contributed by atoms with E-state index < -0.39 is 11.7 Å². The molecular formula is C23H29F3N6O2. The van der Waals surface area contributed by atoms with Gasteiger partial charge in [0.15, 0.2) is 11.6 Å². The number of hydrogen-bond donors (Lipinski definition) is 2. The van der Waals surface area contributed by atoms with E-state index in [2.05, 4.69) is 30.6 Å². The Labute approximate surface area is 196 Å². The Hall–Kier alpha value is -2.92. The highest BCUT2D eigenvalue weighted by atomic mass is 19.4. The zero-order valence-corrected chi connectivity index (χ0v) is 18.9. The van der Waals surface area contributed by atoms with Crippen molar-refractivity contribution in [3.63, 3.8) is 0 Å². The highest BCUT2D eigenvalue weighted by Gasteiger charge is 2.30. The van der Waals surface area contributed by atoms with Gasteiger partial charge in [-0.2, -0.15) is 13.2 Å². The molecule has 2 aromatic rings. The van der Waals surface area contributed by atoms with Crippen LogP contribution < -0.4 is 15.5 Å². The van der Waals surface area contributed by atoms with Crippen LogP contribution in [0.2, 0.25) is 0 Å². The molecule has 1 amide bonds. The van der Waals surface area contributed by atoms with Gasteiger partial charge in [0, 0.05) is 50.9 Å². The van der Waals surface area contributed by atoms with Gasteiger partial charge in [-0.25, -0.2) is 0 Å². The van der Waals surface area contributed by atoms with Gasteiger partial charge >= 0.3 is 6.18 Å². The monoisotopic (exact) mass is 478 g/mol. The fraction of sp³-hybridized carbons (Fsp3) is 0.522. The average molecular weight is 479 g/mol. The molecule has 0 bridgehead atoms. The molecule has 2 fully saturated rings. The zero-order chi connectivity index (χ0) is 24.0. The van der Waals surface area contributed by atoms with Crippen LogP contribution in [0.3, 0.4) is 0 Å². The number of anilines is 3. The van der Waals surface area contributed by atoms with E-state index in [-0.39, 0.29) is 11.8 Å².